The van der Waals surface area contributed by atoms with Crippen LogP contribution in [0, 0.1) is 5.92 Å². The molecule has 1 aliphatic carbocycles. The van der Waals surface area contributed by atoms with Gasteiger partial charge in [-0.25, -0.2) is 4.79 Å². The van der Waals surface area contributed by atoms with Gasteiger partial charge in [0, 0.05) is 18.9 Å². The Labute approximate surface area is 90.0 Å². The molecule has 1 fully saturated rings. The maximum Gasteiger partial charge on any atom is 0.404 e. The number of amides is 1. The van der Waals surface area contributed by atoms with E-state index >= 15 is 0 Å². The average Bonchev–Trinajstić information content (AvgIpc) is 2.18. The fourth-order valence-electron chi connectivity index (χ4n) is 2.21. The van der Waals surface area contributed by atoms with Crippen molar-refractivity contribution in [1.29, 1.82) is 0 Å². The summed E-state index contributed by atoms with van der Waals surface area (Å²) in [4.78, 5) is 21.9. The highest BCUT2D eigenvalue weighted by Gasteiger charge is 2.29. The van der Waals surface area contributed by atoms with Gasteiger partial charge in [0.2, 0.25) is 0 Å². The highest BCUT2D eigenvalue weighted by Crippen LogP contribution is 2.26. The smallest absolute Gasteiger partial charge is 0.404 e. The van der Waals surface area contributed by atoms with E-state index < -0.39 is 6.09 Å². The van der Waals surface area contributed by atoms with Crippen LogP contribution in [0.2, 0.25) is 0 Å². The standard InChI is InChI=1S/C11H19NO3/c1-2-3-4-8-7-9(13)5-6-10(8)12-11(14)15/h8,10,12H,2-7H2,1H3,(H,14,15)/t8-,10+/m1/s1. The van der Waals surface area contributed by atoms with Crippen molar-refractivity contribution >= 4 is 11.9 Å². The zero-order valence-electron chi connectivity index (χ0n) is 9.16. The Kier molecular flexibility index (Phi) is 4.59. The van der Waals surface area contributed by atoms with Crippen molar-refractivity contribution in [3.05, 3.63) is 0 Å². The van der Waals surface area contributed by atoms with Gasteiger partial charge in [-0.1, -0.05) is 19.8 Å². The second-order valence-electron chi connectivity index (χ2n) is 4.24. The SMILES string of the molecule is CCCC[C@@H]1CC(=O)CC[C@@H]1NC(=O)O. The molecule has 0 aliphatic heterocycles. The van der Waals surface area contributed by atoms with E-state index in [2.05, 4.69) is 12.2 Å². The molecule has 0 unspecified atom stereocenters. The average molecular weight is 213 g/mol. The van der Waals surface area contributed by atoms with Crippen molar-refractivity contribution in [2.45, 2.75) is 51.5 Å². The summed E-state index contributed by atoms with van der Waals surface area (Å²) >= 11 is 0. The minimum atomic E-state index is -0.976. The zero-order chi connectivity index (χ0) is 11.3. The molecule has 15 heavy (non-hydrogen) atoms. The molecule has 0 spiro atoms. The Morgan fingerprint density at radius 3 is 2.93 bits per heavy atom. The molecule has 0 heterocycles. The Morgan fingerprint density at radius 1 is 1.60 bits per heavy atom. The third-order valence-corrected chi connectivity index (χ3v) is 3.03. The molecule has 0 bridgehead atoms. The van der Waals surface area contributed by atoms with Crippen molar-refractivity contribution in [2.24, 2.45) is 5.92 Å². The fraction of sp³-hybridized carbons (Fsp3) is 0.818. The molecule has 1 saturated carbocycles. The lowest BCUT2D eigenvalue weighted by atomic mass is 9.81. The number of carbonyl (C=O) groups excluding carboxylic acids is 1. The van der Waals surface area contributed by atoms with Gasteiger partial charge in [0.1, 0.15) is 5.78 Å². The number of unbranched alkanes of at least 4 members (excludes halogenated alkanes) is 1. The van der Waals surface area contributed by atoms with Gasteiger partial charge in [-0.15, -0.1) is 0 Å². The number of hydrogen-bond acceptors (Lipinski definition) is 2. The van der Waals surface area contributed by atoms with Crippen LogP contribution in [0.25, 0.3) is 0 Å². The van der Waals surface area contributed by atoms with E-state index in [0.717, 1.165) is 19.3 Å². The second kappa shape index (κ2) is 5.73. The van der Waals surface area contributed by atoms with Crippen LogP contribution in [0.1, 0.15) is 45.4 Å². The van der Waals surface area contributed by atoms with Crippen LogP contribution in [0.5, 0.6) is 0 Å². The normalized spacial score (nSPS) is 26.3. The lowest BCUT2D eigenvalue weighted by Crippen LogP contribution is -2.43. The molecular formula is C11H19NO3. The molecule has 1 aliphatic rings. The van der Waals surface area contributed by atoms with Gasteiger partial charge < -0.3 is 10.4 Å². The molecular weight excluding hydrogens is 194 g/mol. The van der Waals surface area contributed by atoms with Gasteiger partial charge in [-0.05, 0) is 18.8 Å². The van der Waals surface area contributed by atoms with Crippen molar-refractivity contribution in [3.63, 3.8) is 0 Å². The number of carboxylic acid groups (broad SMARTS) is 1. The highest BCUT2D eigenvalue weighted by molar-refractivity contribution is 5.80. The zero-order valence-corrected chi connectivity index (χ0v) is 9.16. The molecule has 0 saturated heterocycles. The number of nitrogens with one attached hydrogen (secondary N) is 1. The number of Topliss-reactive ketones (excluding diaryl/α,β-unsaturated/α-hetero) is 1. The monoisotopic (exact) mass is 213 g/mol. The van der Waals surface area contributed by atoms with E-state index in [9.17, 15) is 9.59 Å². The molecule has 1 rings (SSSR count). The lowest BCUT2D eigenvalue weighted by Gasteiger charge is -2.30. The second-order valence-corrected chi connectivity index (χ2v) is 4.24. The quantitative estimate of drug-likeness (QED) is 0.752. The number of ketones is 1. The van der Waals surface area contributed by atoms with Crippen LogP contribution in [0.4, 0.5) is 4.79 Å². The first-order chi connectivity index (χ1) is 7.13. The summed E-state index contributed by atoms with van der Waals surface area (Å²) in [6.07, 6.45) is 3.86. The predicted octanol–water partition coefficient (Wildman–Crippen LogP) is 2.18. The largest absolute Gasteiger partial charge is 0.465 e. The molecule has 2 N–H and O–H groups in total. The summed E-state index contributed by atoms with van der Waals surface area (Å²) in [5, 5.41) is 11.2. The fourth-order valence-corrected chi connectivity index (χ4v) is 2.21. The maximum absolute atomic E-state index is 11.3. The van der Waals surface area contributed by atoms with Gasteiger partial charge in [0.25, 0.3) is 0 Å². The third kappa shape index (κ3) is 3.90. The van der Waals surface area contributed by atoms with E-state index in [0.29, 0.717) is 19.3 Å². The summed E-state index contributed by atoms with van der Waals surface area (Å²) in [7, 11) is 0. The number of rotatable bonds is 4. The molecule has 0 radical (unpaired) electrons. The molecule has 2 atom stereocenters. The lowest BCUT2D eigenvalue weighted by molar-refractivity contribution is -0.122. The number of carbonyl (C=O) groups is 2. The van der Waals surface area contributed by atoms with E-state index in [1.807, 2.05) is 0 Å². The van der Waals surface area contributed by atoms with Crippen LogP contribution in [-0.4, -0.2) is 23.0 Å². The van der Waals surface area contributed by atoms with E-state index in [-0.39, 0.29) is 17.7 Å². The van der Waals surface area contributed by atoms with E-state index in [1.54, 1.807) is 0 Å². The third-order valence-electron chi connectivity index (χ3n) is 3.03. The Morgan fingerprint density at radius 2 is 2.33 bits per heavy atom. The van der Waals surface area contributed by atoms with Gasteiger partial charge in [0.15, 0.2) is 0 Å². The summed E-state index contributed by atoms with van der Waals surface area (Å²) in [6.45, 7) is 2.10. The summed E-state index contributed by atoms with van der Waals surface area (Å²) < 4.78 is 0. The maximum atomic E-state index is 11.3. The van der Waals surface area contributed by atoms with Crippen molar-refractivity contribution in [3.8, 4) is 0 Å². The van der Waals surface area contributed by atoms with Crippen LogP contribution in [0.15, 0.2) is 0 Å². The van der Waals surface area contributed by atoms with Gasteiger partial charge in [-0.2, -0.15) is 0 Å². The van der Waals surface area contributed by atoms with Gasteiger partial charge >= 0.3 is 6.09 Å². The molecule has 0 aromatic rings. The Balaban J connectivity index is 2.49. The van der Waals surface area contributed by atoms with Crippen LogP contribution < -0.4 is 5.32 Å². The minimum absolute atomic E-state index is 0.0215. The van der Waals surface area contributed by atoms with Gasteiger partial charge in [0.05, 0.1) is 0 Å². The summed E-state index contributed by atoms with van der Waals surface area (Å²) in [5.74, 6) is 0.488. The van der Waals surface area contributed by atoms with Crippen LogP contribution in [-0.2, 0) is 4.79 Å². The summed E-state index contributed by atoms with van der Waals surface area (Å²) in [5.41, 5.74) is 0. The molecule has 1 amide bonds. The first-order valence-corrected chi connectivity index (χ1v) is 5.64. The molecule has 0 aromatic carbocycles. The van der Waals surface area contributed by atoms with E-state index in [4.69, 9.17) is 5.11 Å². The minimum Gasteiger partial charge on any atom is -0.465 e. The van der Waals surface area contributed by atoms with E-state index in [1.165, 1.54) is 0 Å². The molecule has 4 nitrogen and oxygen atoms in total. The van der Waals surface area contributed by atoms with Crippen molar-refractivity contribution < 1.29 is 14.7 Å². The predicted molar refractivity (Wildman–Crippen MR) is 56.8 cm³/mol. The van der Waals surface area contributed by atoms with Crippen molar-refractivity contribution in [2.75, 3.05) is 0 Å². The van der Waals surface area contributed by atoms with Gasteiger partial charge in [-0.3, -0.25) is 4.79 Å². The molecule has 4 heteroatoms. The van der Waals surface area contributed by atoms with Crippen molar-refractivity contribution in [1.82, 2.24) is 5.32 Å². The summed E-state index contributed by atoms with van der Waals surface area (Å²) in [6, 6.07) is -0.0215. The van der Waals surface area contributed by atoms with Crippen LogP contribution in [0.3, 0.4) is 0 Å². The topological polar surface area (TPSA) is 66.4 Å². The Hall–Kier alpha value is -1.06. The van der Waals surface area contributed by atoms with Crippen LogP contribution >= 0.6 is 0 Å². The number of hydrogen-bond donors (Lipinski definition) is 2. The molecule has 0 aromatic heterocycles. The first kappa shape index (κ1) is 12.0. The highest BCUT2D eigenvalue weighted by atomic mass is 16.4. The first-order valence-electron chi connectivity index (χ1n) is 5.64. The Bertz CT molecular complexity index is 240. The molecule has 86 valence electrons.